The molecule has 0 radical (unpaired) electrons. The highest BCUT2D eigenvalue weighted by atomic mass is 127. The summed E-state index contributed by atoms with van der Waals surface area (Å²) in [4.78, 5) is 8.08. The zero-order valence-corrected chi connectivity index (χ0v) is 15.7. The van der Waals surface area contributed by atoms with E-state index in [1.54, 1.807) is 24.5 Å². The summed E-state index contributed by atoms with van der Waals surface area (Å²) in [7, 11) is 0. The van der Waals surface area contributed by atoms with Crippen LogP contribution in [0.25, 0.3) is 0 Å². The van der Waals surface area contributed by atoms with Gasteiger partial charge in [0, 0.05) is 18.9 Å². The molecule has 0 saturated heterocycles. The molecule has 22 heavy (non-hydrogen) atoms. The van der Waals surface area contributed by atoms with Gasteiger partial charge in [-0.1, -0.05) is 39.0 Å². The van der Waals surface area contributed by atoms with E-state index in [1.807, 2.05) is 0 Å². The Labute approximate surface area is 150 Å². The minimum atomic E-state index is -0.637. The zero-order chi connectivity index (χ0) is 15.3. The summed E-state index contributed by atoms with van der Waals surface area (Å²) in [6.07, 6.45) is 10.2. The van der Waals surface area contributed by atoms with Gasteiger partial charge >= 0.3 is 0 Å². The van der Waals surface area contributed by atoms with Gasteiger partial charge in [0.2, 0.25) is 0 Å². The molecule has 1 heterocycles. The highest BCUT2D eigenvalue weighted by molar-refractivity contribution is 14.0. The van der Waals surface area contributed by atoms with E-state index >= 15 is 0 Å². The van der Waals surface area contributed by atoms with Crippen LogP contribution in [0.3, 0.4) is 0 Å². The molecule has 6 heteroatoms. The van der Waals surface area contributed by atoms with Gasteiger partial charge in [0.15, 0.2) is 5.96 Å². The molecular weight excluding hydrogens is 391 g/mol. The first-order chi connectivity index (χ1) is 10.2. The Morgan fingerprint density at radius 1 is 1.23 bits per heavy atom. The van der Waals surface area contributed by atoms with Crippen molar-refractivity contribution in [2.75, 3.05) is 13.1 Å². The summed E-state index contributed by atoms with van der Waals surface area (Å²) in [6.45, 7) is 3.32. The van der Waals surface area contributed by atoms with Gasteiger partial charge < -0.3 is 16.2 Å². The van der Waals surface area contributed by atoms with Gasteiger partial charge in [-0.25, -0.2) is 0 Å². The van der Waals surface area contributed by atoms with E-state index in [0.29, 0.717) is 5.96 Å². The molecular formula is C16H29IN4O. The Morgan fingerprint density at radius 3 is 2.55 bits per heavy atom. The molecule has 1 aromatic rings. The average Bonchev–Trinajstić information content (AvgIpc) is 2.52. The number of aromatic nitrogens is 1. The third-order valence-electron chi connectivity index (χ3n) is 3.36. The fourth-order valence-electron chi connectivity index (χ4n) is 2.05. The molecule has 0 bridgehead atoms. The lowest BCUT2D eigenvalue weighted by Crippen LogP contribution is -2.32. The number of rotatable bonds is 10. The topological polar surface area (TPSA) is 83.5 Å². The van der Waals surface area contributed by atoms with Crippen molar-refractivity contribution in [1.82, 2.24) is 10.3 Å². The fourth-order valence-corrected chi connectivity index (χ4v) is 2.05. The fraction of sp³-hybridized carbons (Fsp3) is 0.625. The first kappa shape index (κ1) is 21.1. The Kier molecular flexibility index (Phi) is 13.2. The van der Waals surface area contributed by atoms with E-state index in [-0.39, 0.29) is 30.5 Å². The summed E-state index contributed by atoms with van der Waals surface area (Å²) in [6, 6.07) is 3.56. The number of nitrogens with one attached hydrogen (secondary N) is 1. The van der Waals surface area contributed by atoms with E-state index < -0.39 is 6.10 Å². The first-order valence-electron chi connectivity index (χ1n) is 7.85. The Bertz CT molecular complexity index is 400. The summed E-state index contributed by atoms with van der Waals surface area (Å²) >= 11 is 0. The first-order valence-corrected chi connectivity index (χ1v) is 7.85. The van der Waals surface area contributed by atoms with E-state index in [2.05, 4.69) is 22.2 Å². The maximum atomic E-state index is 9.94. The largest absolute Gasteiger partial charge is 0.386 e. The van der Waals surface area contributed by atoms with Crippen molar-refractivity contribution >= 4 is 29.9 Å². The van der Waals surface area contributed by atoms with Crippen molar-refractivity contribution in [3.05, 3.63) is 30.1 Å². The summed E-state index contributed by atoms with van der Waals surface area (Å²) in [5.41, 5.74) is 6.58. The number of nitrogens with zero attached hydrogens (tertiary/aromatic N) is 2. The lowest BCUT2D eigenvalue weighted by atomic mass is 10.1. The Morgan fingerprint density at radius 2 is 1.86 bits per heavy atom. The van der Waals surface area contributed by atoms with Gasteiger partial charge in [0.25, 0.3) is 0 Å². The van der Waals surface area contributed by atoms with E-state index in [4.69, 9.17) is 5.73 Å². The molecule has 1 unspecified atom stereocenters. The highest BCUT2D eigenvalue weighted by Crippen LogP contribution is 2.10. The Balaban J connectivity index is 0.00000441. The minimum absolute atomic E-state index is 0. The van der Waals surface area contributed by atoms with Crippen LogP contribution in [0.1, 0.15) is 57.1 Å². The third kappa shape index (κ3) is 9.94. The monoisotopic (exact) mass is 420 g/mol. The number of aliphatic hydroxyl groups is 1. The predicted octanol–water partition coefficient (Wildman–Crippen LogP) is 3.00. The van der Waals surface area contributed by atoms with Crippen LogP contribution in [0.5, 0.6) is 0 Å². The molecule has 0 aliphatic rings. The van der Waals surface area contributed by atoms with Crippen molar-refractivity contribution in [3.63, 3.8) is 0 Å². The molecule has 0 amide bonds. The van der Waals surface area contributed by atoms with Crippen LogP contribution in [0.2, 0.25) is 0 Å². The molecule has 4 N–H and O–H groups in total. The number of guanidine groups is 1. The number of halogens is 1. The molecule has 0 aliphatic carbocycles. The second kappa shape index (κ2) is 13.8. The molecule has 5 nitrogen and oxygen atoms in total. The quantitative estimate of drug-likeness (QED) is 0.235. The SMILES string of the molecule is CCCCCCCCNC(N)=NCC(O)c1ccncc1.I. The van der Waals surface area contributed by atoms with Crippen LogP contribution in [0.4, 0.5) is 0 Å². The number of hydrogen-bond acceptors (Lipinski definition) is 3. The van der Waals surface area contributed by atoms with Crippen LogP contribution in [-0.2, 0) is 0 Å². The molecule has 1 aromatic heterocycles. The normalized spacial score (nSPS) is 12.5. The molecule has 0 aliphatic heterocycles. The molecule has 0 fully saturated rings. The van der Waals surface area contributed by atoms with E-state index in [0.717, 1.165) is 18.5 Å². The van der Waals surface area contributed by atoms with E-state index in [9.17, 15) is 5.11 Å². The predicted molar refractivity (Wildman–Crippen MR) is 102 cm³/mol. The van der Waals surface area contributed by atoms with Gasteiger partial charge in [-0.2, -0.15) is 0 Å². The van der Waals surface area contributed by atoms with Crippen LogP contribution in [0.15, 0.2) is 29.5 Å². The number of nitrogens with two attached hydrogens (primary N) is 1. The lowest BCUT2D eigenvalue weighted by molar-refractivity contribution is 0.187. The molecule has 0 aromatic carbocycles. The van der Waals surface area contributed by atoms with Crippen molar-refractivity contribution in [2.45, 2.75) is 51.6 Å². The third-order valence-corrected chi connectivity index (χ3v) is 3.36. The highest BCUT2D eigenvalue weighted by Gasteiger charge is 2.05. The summed E-state index contributed by atoms with van der Waals surface area (Å²) < 4.78 is 0. The molecule has 1 atom stereocenters. The zero-order valence-electron chi connectivity index (χ0n) is 13.4. The number of aliphatic hydroxyl groups excluding tert-OH is 1. The van der Waals surface area contributed by atoms with E-state index in [1.165, 1.54) is 32.1 Å². The number of pyridine rings is 1. The van der Waals surface area contributed by atoms with Crippen molar-refractivity contribution in [3.8, 4) is 0 Å². The molecule has 126 valence electrons. The maximum Gasteiger partial charge on any atom is 0.188 e. The van der Waals surface area contributed by atoms with Crippen molar-refractivity contribution in [1.29, 1.82) is 0 Å². The molecule has 0 saturated carbocycles. The number of unbranched alkanes of at least 4 members (excludes halogenated alkanes) is 5. The number of aliphatic imine (C=N–C) groups is 1. The van der Waals surface area contributed by atoms with Crippen LogP contribution in [0, 0.1) is 0 Å². The maximum absolute atomic E-state index is 9.94. The lowest BCUT2D eigenvalue weighted by Gasteiger charge is -2.09. The smallest absolute Gasteiger partial charge is 0.188 e. The summed E-state index contributed by atoms with van der Waals surface area (Å²) in [5, 5.41) is 13.0. The standard InChI is InChI=1S/C16H28N4O.HI/c1-2-3-4-5-6-7-10-19-16(17)20-13-15(21)14-8-11-18-12-9-14;/h8-9,11-12,15,21H,2-7,10,13H2,1H3,(H3,17,19,20);1H. The average molecular weight is 420 g/mol. The van der Waals surface area contributed by atoms with Gasteiger partial charge in [-0.05, 0) is 24.1 Å². The van der Waals surface area contributed by atoms with Gasteiger partial charge in [-0.3, -0.25) is 9.98 Å². The van der Waals surface area contributed by atoms with Crippen LogP contribution in [-0.4, -0.2) is 29.1 Å². The summed E-state index contributed by atoms with van der Waals surface area (Å²) in [5.74, 6) is 0.400. The molecule has 0 spiro atoms. The van der Waals surface area contributed by atoms with Gasteiger partial charge in [0.05, 0.1) is 12.6 Å². The van der Waals surface area contributed by atoms with Crippen molar-refractivity contribution < 1.29 is 5.11 Å². The van der Waals surface area contributed by atoms with Gasteiger partial charge in [0.1, 0.15) is 0 Å². The molecule has 1 rings (SSSR count). The van der Waals surface area contributed by atoms with Crippen molar-refractivity contribution in [2.24, 2.45) is 10.7 Å². The number of hydrogen-bond donors (Lipinski definition) is 3. The minimum Gasteiger partial charge on any atom is -0.386 e. The second-order valence-corrected chi connectivity index (χ2v) is 5.22. The van der Waals surface area contributed by atoms with Gasteiger partial charge in [-0.15, -0.1) is 24.0 Å². The van der Waals surface area contributed by atoms with Crippen LogP contribution >= 0.6 is 24.0 Å². The second-order valence-electron chi connectivity index (χ2n) is 5.22. The Hall–Kier alpha value is -0.890. The van der Waals surface area contributed by atoms with Crippen LogP contribution < -0.4 is 11.1 Å².